The van der Waals surface area contributed by atoms with Crippen LogP contribution in [0.4, 0.5) is 5.69 Å². The maximum Gasteiger partial charge on any atom is 0.255 e. The smallest absolute Gasteiger partial charge is 0.255 e. The number of benzene rings is 2. The first kappa shape index (κ1) is 14.8. The Bertz CT molecular complexity index is 703. The molecule has 0 aliphatic heterocycles. The molecule has 0 unspecified atom stereocenters. The highest BCUT2D eigenvalue weighted by molar-refractivity contribution is 6.05. The van der Waals surface area contributed by atoms with Crippen molar-refractivity contribution in [2.45, 2.75) is 13.8 Å². The van der Waals surface area contributed by atoms with Crippen molar-refractivity contribution in [2.24, 2.45) is 5.73 Å². The Kier molecular flexibility index (Phi) is 4.76. The third-order valence-corrected chi connectivity index (χ3v) is 3.18. The maximum atomic E-state index is 12.4. The SMILES string of the molecule is Cc1cccc(C)c1NC(=O)c1cccc(C#CCN)c1. The molecule has 3 heteroatoms. The van der Waals surface area contributed by atoms with E-state index in [9.17, 15) is 4.79 Å². The third kappa shape index (κ3) is 3.71. The van der Waals surface area contributed by atoms with Crippen molar-refractivity contribution in [3.05, 3.63) is 64.7 Å². The molecule has 2 aromatic rings. The summed E-state index contributed by atoms with van der Waals surface area (Å²) in [5.74, 6) is 5.58. The predicted octanol–water partition coefficient (Wildman–Crippen LogP) is 2.87. The van der Waals surface area contributed by atoms with Crippen molar-refractivity contribution in [1.29, 1.82) is 0 Å². The predicted molar refractivity (Wildman–Crippen MR) is 86.2 cm³/mol. The van der Waals surface area contributed by atoms with Crippen molar-refractivity contribution in [3.63, 3.8) is 0 Å². The normalized spacial score (nSPS) is 9.67. The highest BCUT2D eigenvalue weighted by Crippen LogP contribution is 2.20. The molecule has 0 saturated heterocycles. The van der Waals surface area contributed by atoms with E-state index in [1.165, 1.54) is 0 Å². The Morgan fingerprint density at radius 1 is 1.14 bits per heavy atom. The van der Waals surface area contributed by atoms with E-state index in [4.69, 9.17) is 5.73 Å². The number of hydrogen-bond donors (Lipinski definition) is 2. The van der Waals surface area contributed by atoms with Crippen LogP contribution in [0.2, 0.25) is 0 Å². The maximum absolute atomic E-state index is 12.4. The van der Waals surface area contributed by atoms with E-state index in [1.54, 1.807) is 12.1 Å². The van der Waals surface area contributed by atoms with Gasteiger partial charge >= 0.3 is 0 Å². The fourth-order valence-electron chi connectivity index (χ4n) is 2.09. The number of rotatable bonds is 2. The molecule has 0 atom stereocenters. The van der Waals surface area contributed by atoms with Crippen molar-refractivity contribution < 1.29 is 4.79 Å². The number of carbonyl (C=O) groups is 1. The van der Waals surface area contributed by atoms with Gasteiger partial charge in [0.05, 0.1) is 6.54 Å². The molecule has 2 rings (SSSR count). The summed E-state index contributed by atoms with van der Waals surface area (Å²) in [7, 11) is 0. The van der Waals surface area contributed by atoms with Gasteiger partial charge < -0.3 is 11.1 Å². The monoisotopic (exact) mass is 278 g/mol. The Morgan fingerprint density at radius 2 is 1.81 bits per heavy atom. The topological polar surface area (TPSA) is 55.1 Å². The van der Waals surface area contributed by atoms with Crippen LogP contribution in [0.5, 0.6) is 0 Å². The van der Waals surface area contributed by atoms with Crippen LogP contribution in [0, 0.1) is 25.7 Å². The summed E-state index contributed by atoms with van der Waals surface area (Å²) in [6, 6.07) is 13.2. The summed E-state index contributed by atoms with van der Waals surface area (Å²) >= 11 is 0. The largest absolute Gasteiger partial charge is 0.322 e. The lowest BCUT2D eigenvalue weighted by atomic mass is 10.1. The second kappa shape index (κ2) is 6.74. The van der Waals surface area contributed by atoms with Crippen molar-refractivity contribution in [1.82, 2.24) is 0 Å². The van der Waals surface area contributed by atoms with Crippen molar-refractivity contribution in [2.75, 3.05) is 11.9 Å². The van der Waals surface area contributed by atoms with Gasteiger partial charge in [0.1, 0.15) is 0 Å². The number of amides is 1. The molecule has 3 N–H and O–H groups in total. The molecular weight excluding hydrogens is 260 g/mol. The number of nitrogens with two attached hydrogens (primary N) is 1. The lowest BCUT2D eigenvalue weighted by molar-refractivity contribution is 0.102. The van der Waals surface area contributed by atoms with Gasteiger partial charge in [-0.05, 0) is 43.2 Å². The number of para-hydroxylation sites is 1. The van der Waals surface area contributed by atoms with Crippen LogP contribution in [0.15, 0.2) is 42.5 Å². The standard InChI is InChI=1S/C18H18N2O/c1-13-6-3-7-14(2)17(13)20-18(21)16-10-4-8-15(12-16)9-5-11-19/h3-4,6-8,10,12H,11,19H2,1-2H3,(H,20,21). The number of hydrogen-bond acceptors (Lipinski definition) is 2. The van der Waals surface area contributed by atoms with Crippen LogP contribution >= 0.6 is 0 Å². The molecule has 21 heavy (non-hydrogen) atoms. The summed E-state index contributed by atoms with van der Waals surface area (Å²) in [6.07, 6.45) is 0. The first-order valence-electron chi connectivity index (χ1n) is 6.78. The minimum absolute atomic E-state index is 0.135. The van der Waals surface area contributed by atoms with Gasteiger partial charge in [0.25, 0.3) is 5.91 Å². The van der Waals surface area contributed by atoms with Crippen molar-refractivity contribution >= 4 is 11.6 Å². The Hall–Kier alpha value is -2.57. The van der Waals surface area contributed by atoms with E-state index in [-0.39, 0.29) is 5.91 Å². The second-order valence-corrected chi connectivity index (χ2v) is 4.81. The first-order valence-corrected chi connectivity index (χ1v) is 6.78. The fraction of sp³-hybridized carbons (Fsp3) is 0.167. The molecule has 0 fully saturated rings. The van der Waals surface area contributed by atoms with Gasteiger partial charge in [-0.15, -0.1) is 0 Å². The first-order chi connectivity index (χ1) is 10.1. The lowest BCUT2D eigenvalue weighted by Crippen LogP contribution is -2.13. The van der Waals surface area contributed by atoms with Crippen LogP contribution in [0.25, 0.3) is 0 Å². The van der Waals surface area contributed by atoms with Crippen LogP contribution in [0.3, 0.4) is 0 Å². The zero-order valence-corrected chi connectivity index (χ0v) is 12.2. The van der Waals surface area contributed by atoms with E-state index >= 15 is 0 Å². The lowest BCUT2D eigenvalue weighted by Gasteiger charge is -2.11. The van der Waals surface area contributed by atoms with E-state index in [0.29, 0.717) is 12.1 Å². The molecule has 0 radical (unpaired) electrons. The van der Waals surface area contributed by atoms with Gasteiger partial charge in [-0.1, -0.05) is 36.1 Å². The van der Waals surface area contributed by atoms with Crippen molar-refractivity contribution in [3.8, 4) is 11.8 Å². The molecule has 3 nitrogen and oxygen atoms in total. The number of carbonyl (C=O) groups excluding carboxylic acids is 1. The van der Waals surface area contributed by atoms with Gasteiger partial charge in [0, 0.05) is 16.8 Å². The van der Waals surface area contributed by atoms with E-state index in [1.807, 2.05) is 44.2 Å². The Morgan fingerprint density at radius 3 is 2.48 bits per heavy atom. The quantitative estimate of drug-likeness (QED) is 0.830. The Labute approximate surface area is 125 Å². The molecule has 2 aromatic carbocycles. The zero-order valence-electron chi connectivity index (χ0n) is 12.2. The number of anilines is 1. The minimum Gasteiger partial charge on any atom is -0.322 e. The summed E-state index contributed by atoms with van der Waals surface area (Å²) in [6.45, 7) is 4.26. The minimum atomic E-state index is -0.135. The summed E-state index contributed by atoms with van der Waals surface area (Å²) in [5.41, 5.74) is 9.68. The third-order valence-electron chi connectivity index (χ3n) is 3.18. The Balaban J connectivity index is 2.25. The number of nitrogens with one attached hydrogen (secondary N) is 1. The number of aryl methyl sites for hydroxylation is 2. The molecule has 0 aromatic heterocycles. The summed E-state index contributed by atoms with van der Waals surface area (Å²) in [4.78, 5) is 12.4. The fourth-order valence-corrected chi connectivity index (χ4v) is 2.09. The van der Waals surface area contributed by atoms with Gasteiger partial charge in [0.15, 0.2) is 0 Å². The van der Waals surface area contributed by atoms with Crippen LogP contribution in [-0.4, -0.2) is 12.5 Å². The van der Waals surface area contributed by atoms with Gasteiger partial charge in [-0.2, -0.15) is 0 Å². The van der Waals surface area contributed by atoms with E-state index in [0.717, 1.165) is 22.4 Å². The van der Waals surface area contributed by atoms with Crippen LogP contribution in [-0.2, 0) is 0 Å². The van der Waals surface area contributed by atoms with E-state index < -0.39 is 0 Å². The molecule has 0 bridgehead atoms. The molecular formula is C18H18N2O. The summed E-state index contributed by atoms with van der Waals surface area (Å²) in [5, 5.41) is 2.97. The van der Waals surface area contributed by atoms with Crippen LogP contribution in [0.1, 0.15) is 27.0 Å². The van der Waals surface area contributed by atoms with Gasteiger partial charge in [-0.25, -0.2) is 0 Å². The summed E-state index contributed by atoms with van der Waals surface area (Å²) < 4.78 is 0. The molecule has 0 heterocycles. The van der Waals surface area contributed by atoms with Gasteiger partial charge in [0.2, 0.25) is 0 Å². The van der Waals surface area contributed by atoms with Gasteiger partial charge in [-0.3, -0.25) is 4.79 Å². The second-order valence-electron chi connectivity index (χ2n) is 4.81. The zero-order chi connectivity index (χ0) is 15.2. The molecule has 0 saturated carbocycles. The average molecular weight is 278 g/mol. The highest BCUT2D eigenvalue weighted by atomic mass is 16.1. The van der Waals surface area contributed by atoms with Crippen LogP contribution < -0.4 is 11.1 Å². The molecule has 0 aliphatic carbocycles. The molecule has 106 valence electrons. The van der Waals surface area contributed by atoms with E-state index in [2.05, 4.69) is 17.2 Å². The molecule has 0 spiro atoms. The highest BCUT2D eigenvalue weighted by Gasteiger charge is 2.09. The molecule has 0 aliphatic rings. The average Bonchev–Trinajstić information content (AvgIpc) is 2.49. The molecule has 1 amide bonds.